The van der Waals surface area contributed by atoms with E-state index >= 15 is 0 Å². The zero-order valence-electron chi connectivity index (χ0n) is 9.95. The van der Waals surface area contributed by atoms with Crippen molar-refractivity contribution in [2.45, 2.75) is 32.2 Å². The third kappa shape index (κ3) is 1.44. The van der Waals surface area contributed by atoms with Crippen LogP contribution < -0.4 is 10.6 Å². The molecule has 3 rings (SSSR count). The highest BCUT2D eigenvalue weighted by molar-refractivity contribution is 5.60. The number of fused-ring (bicyclic) bond motifs is 3. The van der Waals surface area contributed by atoms with Crippen LogP contribution in [0.4, 0.5) is 5.69 Å². The summed E-state index contributed by atoms with van der Waals surface area (Å²) in [6.07, 6.45) is 3.86. The molecule has 2 heteroatoms. The molecule has 1 aromatic rings. The number of nitrogens with two attached hydrogens (primary N) is 1. The predicted octanol–water partition coefficient (Wildman–Crippen LogP) is 2.09. The molecule has 0 amide bonds. The fourth-order valence-electron chi connectivity index (χ4n) is 3.35. The summed E-state index contributed by atoms with van der Waals surface area (Å²) in [6, 6.07) is 7.46. The highest BCUT2D eigenvalue weighted by Crippen LogP contribution is 2.38. The Morgan fingerprint density at radius 2 is 2.31 bits per heavy atom. The summed E-state index contributed by atoms with van der Waals surface area (Å²) >= 11 is 0. The van der Waals surface area contributed by atoms with Crippen molar-refractivity contribution in [3.8, 4) is 0 Å². The zero-order chi connectivity index (χ0) is 11.1. The summed E-state index contributed by atoms with van der Waals surface area (Å²) in [5, 5.41) is 0. The molecule has 0 aliphatic carbocycles. The molecule has 0 saturated carbocycles. The van der Waals surface area contributed by atoms with E-state index < -0.39 is 0 Å². The van der Waals surface area contributed by atoms with Gasteiger partial charge in [-0.3, -0.25) is 0 Å². The second-order valence-electron chi connectivity index (χ2n) is 5.25. The van der Waals surface area contributed by atoms with E-state index in [9.17, 15) is 0 Å². The Labute approximate surface area is 97.4 Å². The Bertz CT molecular complexity index is 400. The van der Waals surface area contributed by atoms with Crippen LogP contribution >= 0.6 is 0 Å². The molecule has 0 bridgehead atoms. The number of nitrogens with zero attached hydrogens (tertiary/aromatic N) is 1. The van der Waals surface area contributed by atoms with Crippen molar-refractivity contribution in [1.29, 1.82) is 0 Å². The van der Waals surface area contributed by atoms with Gasteiger partial charge in [0.2, 0.25) is 0 Å². The number of hydrogen-bond acceptors (Lipinski definition) is 2. The Morgan fingerprint density at radius 3 is 3.12 bits per heavy atom. The standard InChI is InChI=1S/C14H20N2/c1-10-3-2-4-14-13(10)6-5-12-7-11(8-15)9-16(12)14/h2-4,11-12H,5-9,15H2,1H3. The Kier molecular flexibility index (Phi) is 2.40. The van der Waals surface area contributed by atoms with Crippen molar-refractivity contribution in [2.24, 2.45) is 11.7 Å². The quantitative estimate of drug-likeness (QED) is 0.779. The van der Waals surface area contributed by atoms with Crippen LogP contribution in [0.3, 0.4) is 0 Å². The minimum Gasteiger partial charge on any atom is -0.368 e. The van der Waals surface area contributed by atoms with Crippen molar-refractivity contribution < 1.29 is 0 Å². The highest BCUT2D eigenvalue weighted by atomic mass is 15.2. The van der Waals surface area contributed by atoms with Gasteiger partial charge in [-0.25, -0.2) is 0 Å². The van der Waals surface area contributed by atoms with Crippen LogP contribution in [-0.4, -0.2) is 19.1 Å². The van der Waals surface area contributed by atoms with Gasteiger partial charge in [0.15, 0.2) is 0 Å². The molecule has 2 aliphatic heterocycles. The fraction of sp³-hybridized carbons (Fsp3) is 0.571. The number of aryl methyl sites for hydroxylation is 1. The molecular formula is C14H20N2. The summed E-state index contributed by atoms with van der Waals surface area (Å²) in [5.41, 5.74) is 10.3. The van der Waals surface area contributed by atoms with Crippen LogP contribution in [0.15, 0.2) is 18.2 Å². The van der Waals surface area contributed by atoms with Gasteiger partial charge in [0.1, 0.15) is 0 Å². The maximum Gasteiger partial charge on any atom is 0.0404 e. The lowest BCUT2D eigenvalue weighted by atomic mass is 9.92. The van der Waals surface area contributed by atoms with Gasteiger partial charge in [-0.2, -0.15) is 0 Å². The predicted molar refractivity (Wildman–Crippen MR) is 67.8 cm³/mol. The summed E-state index contributed by atoms with van der Waals surface area (Å²) in [4.78, 5) is 2.60. The van der Waals surface area contributed by atoms with Crippen LogP contribution in [0.5, 0.6) is 0 Å². The number of rotatable bonds is 1. The lowest BCUT2D eigenvalue weighted by Crippen LogP contribution is -2.34. The van der Waals surface area contributed by atoms with Gasteiger partial charge in [-0.05, 0) is 55.8 Å². The molecule has 16 heavy (non-hydrogen) atoms. The van der Waals surface area contributed by atoms with Crippen LogP contribution in [0.25, 0.3) is 0 Å². The lowest BCUT2D eigenvalue weighted by Gasteiger charge is -2.34. The molecule has 2 atom stereocenters. The second-order valence-corrected chi connectivity index (χ2v) is 5.25. The molecule has 1 fully saturated rings. The summed E-state index contributed by atoms with van der Waals surface area (Å²) in [5.74, 6) is 0.705. The smallest absolute Gasteiger partial charge is 0.0404 e. The third-order valence-electron chi connectivity index (χ3n) is 4.26. The first-order valence-corrected chi connectivity index (χ1v) is 6.35. The SMILES string of the molecule is Cc1cccc2c1CCC1CC(CN)CN21. The van der Waals surface area contributed by atoms with Crippen LogP contribution in [0.2, 0.25) is 0 Å². The summed E-state index contributed by atoms with van der Waals surface area (Å²) < 4.78 is 0. The van der Waals surface area contributed by atoms with E-state index in [0.717, 1.165) is 19.1 Å². The van der Waals surface area contributed by atoms with Gasteiger partial charge < -0.3 is 10.6 Å². The van der Waals surface area contributed by atoms with Gasteiger partial charge in [-0.1, -0.05) is 12.1 Å². The van der Waals surface area contributed by atoms with E-state index in [1.165, 1.54) is 30.5 Å². The first kappa shape index (κ1) is 10.2. The Hall–Kier alpha value is -1.02. The number of anilines is 1. The van der Waals surface area contributed by atoms with Crippen molar-refractivity contribution in [1.82, 2.24) is 0 Å². The van der Waals surface area contributed by atoms with Crippen molar-refractivity contribution in [2.75, 3.05) is 18.0 Å². The first-order valence-electron chi connectivity index (χ1n) is 6.35. The van der Waals surface area contributed by atoms with Gasteiger partial charge in [0, 0.05) is 18.3 Å². The molecule has 1 saturated heterocycles. The molecule has 2 unspecified atom stereocenters. The van der Waals surface area contributed by atoms with E-state index in [2.05, 4.69) is 30.0 Å². The normalized spacial score (nSPS) is 27.8. The topological polar surface area (TPSA) is 29.3 Å². The number of hydrogen-bond donors (Lipinski definition) is 1. The average Bonchev–Trinajstić information content (AvgIpc) is 2.72. The van der Waals surface area contributed by atoms with E-state index in [-0.39, 0.29) is 0 Å². The Balaban J connectivity index is 1.97. The van der Waals surface area contributed by atoms with Crippen molar-refractivity contribution in [3.05, 3.63) is 29.3 Å². The molecule has 2 heterocycles. The van der Waals surface area contributed by atoms with Crippen LogP contribution in [-0.2, 0) is 6.42 Å². The molecule has 0 aromatic heterocycles. The monoisotopic (exact) mass is 216 g/mol. The number of benzene rings is 1. The van der Waals surface area contributed by atoms with Crippen LogP contribution in [0, 0.1) is 12.8 Å². The molecular weight excluding hydrogens is 196 g/mol. The fourth-order valence-corrected chi connectivity index (χ4v) is 3.35. The van der Waals surface area contributed by atoms with E-state index in [1.54, 1.807) is 5.56 Å². The van der Waals surface area contributed by atoms with E-state index in [0.29, 0.717) is 5.92 Å². The summed E-state index contributed by atoms with van der Waals surface area (Å²) in [6.45, 7) is 4.24. The van der Waals surface area contributed by atoms with Gasteiger partial charge >= 0.3 is 0 Å². The Morgan fingerprint density at radius 1 is 1.44 bits per heavy atom. The maximum absolute atomic E-state index is 5.81. The van der Waals surface area contributed by atoms with Crippen LogP contribution in [0.1, 0.15) is 24.0 Å². The molecule has 0 radical (unpaired) electrons. The van der Waals surface area contributed by atoms with Gasteiger partial charge in [0.05, 0.1) is 0 Å². The molecule has 2 aliphatic rings. The lowest BCUT2D eigenvalue weighted by molar-refractivity contribution is 0.537. The highest BCUT2D eigenvalue weighted by Gasteiger charge is 2.35. The molecule has 86 valence electrons. The maximum atomic E-state index is 5.81. The minimum absolute atomic E-state index is 0.705. The summed E-state index contributed by atoms with van der Waals surface area (Å²) in [7, 11) is 0. The first-order chi connectivity index (χ1) is 7.79. The van der Waals surface area contributed by atoms with Crippen molar-refractivity contribution >= 4 is 5.69 Å². The zero-order valence-corrected chi connectivity index (χ0v) is 9.95. The minimum atomic E-state index is 0.705. The largest absolute Gasteiger partial charge is 0.368 e. The molecule has 0 spiro atoms. The second kappa shape index (κ2) is 3.77. The van der Waals surface area contributed by atoms with E-state index in [4.69, 9.17) is 5.73 Å². The molecule has 1 aromatic carbocycles. The molecule has 2 N–H and O–H groups in total. The van der Waals surface area contributed by atoms with Gasteiger partial charge in [0.25, 0.3) is 0 Å². The van der Waals surface area contributed by atoms with E-state index in [1.807, 2.05) is 0 Å². The van der Waals surface area contributed by atoms with Crippen molar-refractivity contribution in [3.63, 3.8) is 0 Å². The van der Waals surface area contributed by atoms with Gasteiger partial charge in [-0.15, -0.1) is 0 Å². The molecule has 2 nitrogen and oxygen atoms in total. The average molecular weight is 216 g/mol. The third-order valence-corrected chi connectivity index (χ3v) is 4.26.